The molecule has 0 heterocycles. The summed E-state index contributed by atoms with van der Waals surface area (Å²) < 4.78 is 5.30. The summed E-state index contributed by atoms with van der Waals surface area (Å²) in [5.41, 5.74) is 0. The first kappa shape index (κ1) is 11.0. The molecule has 1 fully saturated rings. The van der Waals surface area contributed by atoms with E-state index in [1.54, 1.807) is 0 Å². The van der Waals surface area contributed by atoms with E-state index < -0.39 is 0 Å². The molecule has 1 N–H and O–H groups in total. The summed E-state index contributed by atoms with van der Waals surface area (Å²) in [5, 5.41) is 3.59. The van der Waals surface area contributed by atoms with E-state index in [0.29, 0.717) is 0 Å². The van der Waals surface area contributed by atoms with Gasteiger partial charge in [-0.2, -0.15) is 0 Å². The predicted molar refractivity (Wildman–Crippen MR) is 55.9 cm³/mol. The number of rotatable bonds is 6. The normalized spacial score (nSPS) is 28.2. The molecule has 0 amide bonds. The van der Waals surface area contributed by atoms with Gasteiger partial charge in [-0.3, -0.25) is 0 Å². The van der Waals surface area contributed by atoms with E-state index in [1.165, 1.54) is 25.7 Å². The Kier molecular flexibility index (Phi) is 5.40. The quantitative estimate of drug-likeness (QED) is 0.640. The molecule has 2 nitrogen and oxygen atoms in total. The van der Waals surface area contributed by atoms with Crippen molar-refractivity contribution in [3.8, 4) is 0 Å². The van der Waals surface area contributed by atoms with Gasteiger partial charge in [-0.1, -0.05) is 19.8 Å². The molecule has 1 saturated carbocycles. The summed E-state index contributed by atoms with van der Waals surface area (Å²) in [4.78, 5) is 0. The predicted octanol–water partition coefficient (Wildman–Crippen LogP) is 2.19. The lowest BCUT2D eigenvalue weighted by Crippen LogP contribution is -2.34. The van der Waals surface area contributed by atoms with Gasteiger partial charge in [0.15, 0.2) is 0 Å². The van der Waals surface area contributed by atoms with Crippen LogP contribution in [0.4, 0.5) is 0 Å². The monoisotopic (exact) mass is 185 g/mol. The minimum Gasteiger partial charge on any atom is -0.380 e. The van der Waals surface area contributed by atoms with E-state index in [9.17, 15) is 0 Å². The molecule has 0 aromatic carbocycles. The highest BCUT2D eigenvalue weighted by atomic mass is 16.5. The lowest BCUT2D eigenvalue weighted by atomic mass is 10.0. The fourth-order valence-electron chi connectivity index (χ4n) is 2.26. The average molecular weight is 185 g/mol. The second-order valence-corrected chi connectivity index (χ2v) is 3.86. The first-order valence-corrected chi connectivity index (χ1v) is 5.69. The maximum absolute atomic E-state index is 5.30. The van der Waals surface area contributed by atoms with Gasteiger partial charge in [-0.15, -0.1) is 0 Å². The van der Waals surface area contributed by atoms with Crippen LogP contribution in [0.5, 0.6) is 0 Å². The summed E-state index contributed by atoms with van der Waals surface area (Å²) in [6.07, 6.45) is 5.52. The van der Waals surface area contributed by atoms with Crippen molar-refractivity contribution >= 4 is 0 Å². The molecule has 1 aliphatic rings. The molecule has 0 aromatic heterocycles. The van der Waals surface area contributed by atoms with Crippen molar-refractivity contribution in [3.05, 3.63) is 0 Å². The summed E-state index contributed by atoms with van der Waals surface area (Å²) in [6.45, 7) is 7.07. The maximum Gasteiger partial charge on any atom is 0.0590 e. The zero-order valence-corrected chi connectivity index (χ0v) is 9.01. The Labute approximate surface area is 82.0 Å². The summed E-state index contributed by atoms with van der Waals surface area (Å²) in [7, 11) is 0. The molecule has 78 valence electrons. The number of ether oxygens (including phenoxy) is 1. The van der Waals surface area contributed by atoms with Gasteiger partial charge in [0.2, 0.25) is 0 Å². The van der Waals surface area contributed by atoms with Crippen LogP contribution in [0.25, 0.3) is 0 Å². The van der Waals surface area contributed by atoms with Crippen LogP contribution in [0.2, 0.25) is 0 Å². The van der Waals surface area contributed by atoms with Gasteiger partial charge >= 0.3 is 0 Å². The molecular formula is C11H23NO. The Morgan fingerprint density at radius 3 is 2.85 bits per heavy atom. The third-order valence-electron chi connectivity index (χ3n) is 3.04. The average Bonchev–Trinajstić information content (AvgIpc) is 2.60. The minimum atomic E-state index is 0.769. The van der Waals surface area contributed by atoms with Crippen LogP contribution in [-0.4, -0.2) is 25.8 Å². The third-order valence-corrected chi connectivity index (χ3v) is 3.04. The van der Waals surface area contributed by atoms with E-state index in [-0.39, 0.29) is 0 Å². The summed E-state index contributed by atoms with van der Waals surface area (Å²) >= 11 is 0. The van der Waals surface area contributed by atoms with Gasteiger partial charge in [0.05, 0.1) is 6.61 Å². The van der Waals surface area contributed by atoms with Gasteiger partial charge in [0, 0.05) is 19.2 Å². The first-order chi connectivity index (χ1) is 6.38. The van der Waals surface area contributed by atoms with Crippen molar-refractivity contribution in [2.45, 2.75) is 45.6 Å². The summed E-state index contributed by atoms with van der Waals surface area (Å²) in [6, 6.07) is 0.769. The number of hydrogen-bond acceptors (Lipinski definition) is 2. The second-order valence-electron chi connectivity index (χ2n) is 3.86. The topological polar surface area (TPSA) is 21.3 Å². The van der Waals surface area contributed by atoms with Crippen LogP contribution in [-0.2, 0) is 4.74 Å². The van der Waals surface area contributed by atoms with Gasteiger partial charge in [0.25, 0.3) is 0 Å². The van der Waals surface area contributed by atoms with E-state index in [0.717, 1.165) is 31.7 Å². The van der Waals surface area contributed by atoms with E-state index in [1.807, 2.05) is 6.92 Å². The minimum absolute atomic E-state index is 0.769. The van der Waals surface area contributed by atoms with Crippen LogP contribution >= 0.6 is 0 Å². The molecule has 13 heavy (non-hydrogen) atoms. The van der Waals surface area contributed by atoms with Crippen LogP contribution in [0.3, 0.4) is 0 Å². The Balaban J connectivity index is 2.06. The van der Waals surface area contributed by atoms with Crippen LogP contribution in [0, 0.1) is 5.92 Å². The van der Waals surface area contributed by atoms with Crippen molar-refractivity contribution in [3.63, 3.8) is 0 Å². The van der Waals surface area contributed by atoms with Crippen molar-refractivity contribution in [2.75, 3.05) is 19.8 Å². The fraction of sp³-hybridized carbons (Fsp3) is 1.00. The molecule has 0 saturated heterocycles. The van der Waals surface area contributed by atoms with Gasteiger partial charge in [-0.25, -0.2) is 0 Å². The fourth-order valence-corrected chi connectivity index (χ4v) is 2.26. The largest absolute Gasteiger partial charge is 0.380 e. The third kappa shape index (κ3) is 3.65. The highest BCUT2D eigenvalue weighted by molar-refractivity contribution is 4.81. The molecule has 1 aliphatic carbocycles. The Morgan fingerprint density at radius 2 is 2.15 bits per heavy atom. The molecule has 0 aliphatic heterocycles. The molecule has 2 heteroatoms. The van der Waals surface area contributed by atoms with Crippen molar-refractivity contribution < 1.29 is 4.74 Å². The SMILES string of the molecule is CCOCCNC1CCCC1CC. The van der Waals surface area contributed by atoms with Crippen molar-refractivity contribution in [2.24, 2.45) is 5.92 Å². The first-order valence-electron chi connectivity index (χ1n) is 5.69. The molecule has 0 aromatic rings. The highest BCUT2D eigenvalue weighted by Gasteiger charge is 2.24. The van der Waals surface area contributed by atoms with E-state index in [2.05, 4.69) is 12.2 Å². The van der Waals surface area contributed by atoms with Crippen molar-refractivity contribution in [1.82, 2.24) is 5.32 Å². The van der Waals surface area contributed by atoms with E-state index in [4.69, 9.17) is 4.74 Å². The van der Waals surface area contributed by atoms with Crippen LogP contribution < -0.4 is 5.32 Å². The van der Waals surface area contributed by atoms with Crippen LogP contribution in [0.1, 0.15) is 39.5 Å². The smallest absolute Gasteiger partial charge is 0.0590 e. The van der Waals surface area contributed by atoms with Gasteiger partial charge in [0.1, 0.15) is 0 Å². The standard InChI is InChI=1S/C11H23NO/c1-3-10-6-5-7-11(10)12-8-9-13-4-2/h10-12H,3-9H2,1-2H3. The van der Waals surface area contributed by atoms with Gasteiger partial charge in [-0.05, 0) is 25.7 Å². The number of nitrogens with one attached hydrogen (secondary N) is 1. The van der Waals surface area contributed by atoms with Crippen LogP contribution in [0.15, 0.2) is 0 Å². The Morgan fingerprint density at radius 1 is 1.31 bits per heavy atom. The van der Waals surface area contributed by atoms with Gasteiger partial charge < -0.3 is 10.1 Å². The Bertz CT molecular complexity index is 127. The molecule has 2 unspecified atom stereocenters. The van der Waals surface area contributed by atoms with Crippen molar-refractivity contribution in [1.29, 1.82) is 0 Å². The molecule has 0 radical (unpaired) electrons. The maximum atomic E-state index is 5.30. The molecule has 2 atom stereocenters. The Hall–Kier alpha value is -0.0800. The van der Waals surface area contributed by atoms with E-state index >= 15 is 0 Å². The highest BCUT2D eigenvalue weighted by Crippen LogP contribution is 2.27. The molecule has 0 bridgehead atoms. The lowest BCUT2D eigenvalue weighted by Gasteiger charge is -2.19. The zero-order chi connectivity index (χ0) is 9.52. The molecule has 0 spiro atoms. The number of hydrogen-bond donors (Lipinski definition) is 1. The zero-order valence-electron chi connectivity index (χ0n) is 9.01. The summed E-state index contributed by atoms with van der Waals surface area (Å²) in [5.74, 6) is 0.918. The second kappa shape index (κ2) is 6.39. The lowest BCUT2D eigenvalue weighted by molar-refractivity contribution is 0.145. The molecule has 1 rings (SSSR count). The molecular weight excluding hydrogens is 162 g/mol.